The third-order valence-corrected chi connectivity index (χ3v) is 4.10. The van der Waals surface area contributed by atoms with Gasteiger partial charge in [0.2, 0.25) is 0 Å². The summed E-state index contributed by atoms with van der Waals surface area (Å²) in [5, 5.41) is 38.6. The molecule has 0 saturated carbocycles. The van der Waals surface area contributed by atoms with Crippen molar-refractivity contribution in [1.82, 2.24) is 0 Å². The topological polar surface area (TPSA) is 90.2 Å². The zero-order valence-electron chi connectivity index (χ0n) is 11.9. The highest BCUT2D eigenvalue weighted by Crippen LogP contribution is 2.28. The van der Waals surface area contributed by atoms with Crippen molar-refractivity contribution >= 4 is 0 Å². The third kappa shape index (κ3) is 4.39. The summed E-state index contributed by atoms with van der Waals surface area (Å²) < 4.78 is 5.53. The second-order valence-electron chi connectivity index (χ2n) is 5.52. The molecule has 0 aromatic heterocycles. The van der Waals surface area contributed by atoms with Gasteiger partial charge >= 0.3 is 0 Å². The van der Waals surface area contributed by atoms with E-state index < -0.39 is 30.5 Å². The Hall–Kier alpha value is -0.200. The van der Waals surface area contributed by atoms with Crippen molar-refractivity contribution in [3.05, 3.63) is 0 Å². The molecule has 114 valence electrons. The maximum atomic E-state index is 9.97. The van der Waals surface area contributed by atoms with Crippen LogP contribution < -0.4 is 0 Å². The van der Waals surface area contributed by atoms with Gasteiger partial charge in [-0.1, -0.05) is 39.5 Å². The lowest BCUT2D eigenvalue weighted by molar-refractivity contribution is -0.232. The third-order valence-electron chi connectivity index (χ3n) is 4.10. The predicted octanol–water partition coefficient (Wildman–Crippen LogP) is 0.435. The van der Waals surface area contributed by atoms with Crippen molar-refractivity contribution in [2.75, 3.05) is 6.61 Å². The number of ether oxygens (including phenoxy) is 1. The minimum Gasteiger partial charge on any atom is -0.394 e. The first-order valence-corrected chi connectivity index (χ1v) is 7.35. The van der Waals surface area contributed by atoms with Crippen molar-refractivity contribution in [2.45, 2.75) is 76.5 Å². The number of aliphatic hydroxyl groups is 4. The Morgan fingerprint density at radius 3 is 2.16 bits per heavy atom. The molecule has 1 aliphatic rings. The summed E-state index contributed by atoms with van der Waals surface area (Å²) in [6.45, 7) is 3.89. The molecule has 1 rings (SSSR count). The fourth-order valence-electron chi connectivity index (χ4n) is 2.68. The lowest BCUT2D eigenvalue weighted by Crippen LogP contribution is -2.58. The first kappa shape index (κ1) is 16.9. The standard InChI is InChI=1S/C14H28O5/c1-3-5-6-9(4-2)7-10-12(16)14(18)13(17)11(8-15)19-10/h9-18H,3-8H2,1-2H3/t9?,10-,11-,12+,13+,14-/m1/s1. The Morgan fingerprint density at radius 1 is 1.00 bits per heavy atom. The van der Waals surface area contributed by atoms with Gasteiger partial charge in [0.05, 0.1) is 12.7 Å². The second-order valence-corrected chi connectivity index (χ2v) is 5.52. The zero-order chi connectivity index (χ0) is 14.4. The van der Waals surface area contributed by atoms with Crippen molar-refractivity contribution in [1.29, 1.82) is 0 Å². The number of unbranched alkanes of at least 4 members (excludes halogenated alkanes) is 1. The van der Waals surface area contributed by atoms with E-state index in [1.54, 1.807) is 0 Å². The summed E-state index contributed by atoms with van der Waals surface area (Å²) in [6.07, 6.45) is 0.0836. The van der Waals surface area contributed by atoms with Gasteiger partial charge in [-0.15, -0.1) is 0 Å². The molecule has 1 unspecified atom stereocenters. The van der Waals surface area contributed by atoms with Crippen LogP contribution in [0.1, 0.15) is 46.0 Å². The minimum absolute atomic E-state index is 0.354. The summed E-state index contributed by atoms with van der Waals surface area (Å²) in [6, 6.07) is 0. The normalized spacial score (nSPS) is 37.3. The van der Waals surface area contributed by atoms with Crippen LogP contribution >= 0.6 is 0 Å². The quantitative estimate of drug-likeness (QED) is 0.541. The molecule has 1 saturated heterocycles. The number of hydrogen-bond acceptors (Lipinski definition) is 5. The van der Waals surface area contributed by atoms with E-state index in [0.29, 0.717) is 12.3 Å². The molecule has 1 aliphatic heterocycles. The first-order valence-electron chi connectivity index (χ1n) is 7.35. The predicted molar refractivity (Wildman–Crippen MR) is 71.7 cm³/mol. The fraction of sp³-hybridized carbons (Fsp3) is 1.00. The molecular weight excluding hydrogens is 248 g/mol. The number of rotatable bonds is 7. The smallest absolute Gasteiger partial charge is 0.111 e. The maximum Gasteiger partial charge on any atom is 0.111 e. The van der Waals surface area contributed by atoms with E-state index in [-0.39, 0.29) is 6.61 Å². The fourth-order valence-corrected chi connectivity index (χ4v) is 2.68. The van der Waals surface area contributed by atoms with Gasteiger partial charge in [-0.2, -0.15) is 0 Å². The van der Waals surface area contributed by atoms with Crippen LogP contribution in [0.3, 0.4) is 0 Å². The summed E-state index contributed by atoms with van der Waals surface area (Å²) >= 11 is 0. The molecule has 0 amide bonds. The Bertz CT molecular complexity index is 246. The molecule has 19 heavy (non-hydrogen) atoms. The SMILES string of the molecule is CCCCC(CC)C[C@H]1O[C@H](CO)[C@H](O)[C@H](O)[C@H]1O. The van der Waals surface area contributed by atoms with Gasteiger partial charge in [0.1, 0.15) is 24.4 Å². The average molecular weight is 276 g/mol. The van der Waals surface area contributed by atoms with Gasteiger partial charge < -0.3 is 25.2 Å². The molecule has 0 aromatic rings. The molecule has 0 aromatic carbocycles. The lowest BCUT2D eigenvalue weighted by atomic mass is 9.86. The highest BCUT2D eigenvalue weighted by molar-refractivity contribution is 4.92. The van der Waals surface area contributed by atoms with E-state index >= 15 is 0 Å². The van der Waals surface area contributed by atoms with Crippen LogP contribution in [-0.2, 0) is 4.74 Å². The maximum absolute atomic E-state index is 9.97. The van der Waals surface area contributed by atoms with Crippen LogP contribution in [-0.4, -0.2) is 57.6 Å². The highest BCUT2D eigenvalue weighted by atomic mass is 16.5. The van der Waals surface area contributed by atoms with Crippen LogP contribution in [0.25, 0.3) is 0 Å². The Labute approximate surface area is 115 Å². The minimum atomic E-state index is -1.25. The second kappa shape index (κ2) is 8.17. The van der Waals surface area contributed by atoms with Crippen molar-refractivity contribution < 1.29 is 25.2 Å². The van der Waals surface area contributed by atoms with E-state index in [1.807, 2.05) is 0 Å². The molecule has 0 radical (unpaired) electrons. The van der Waals surface area contributed by atoms with Crippen molar-refractivity contribution in [3.8, 4) is 0 Å². The zero-order valence-corrected chi connectivity index (χ0v) is 11.9. The van der Waals surface area contributed by atoms with E-state index in [9.17, 15) is 15.3 Å². The molecule has 0 aliphatic carbocycles. The molecular formula is C14H28O5. The van der Waals surface area contributed by atoms with Gasteiger partial charge in [0.15, 0.2) is 0 Å². The molecule has 6 atom stereocenters. The van der Waals surface area contributed by atoms with Crippen LogP contribution in [0.2, 0.25) is 0 Å². The van der Waals surface area contributed by atoms with Crippen LogP contribution in [0.4, 0.5) is 0 Å². The molecule has 0 spiro atoms. The van der Waals surface area contributed by atoms with E-state index in [1.165, 1.54) is 0 Å². The Morgan fingerprint density at radius 2 is 1.63 bits per heavy atom. The first-order chi connectivity index (χ1) is 9.04. The van der Waals surface area contributed by atoms with Gasteiger partial charge in [0, 0.05) is 0 Å². The van der Waals surface area contributed by atoms with Gasteiger partial charge in [0.25, 0.3) is 0 Å². The van der Waals surface area contributed by atoms with E-state index in [4.69, 9.17) is 9.84 Å². The molecule has 4 N–H and O–H groups in total. The highest BCUT2D eigenvalue weighted by Gasteiger charge is 2.43. The monoisotopic (exact) mass is 276 g/mol. The molecule has 1 fully saturated rings. The van der Waals surface area contributed by atoms with Crippen molar-refractivity contribution in [2.24, 2.45) is 5.92 Å². The van der Waals surface area contributed by atoms with Gasteiger partial charge in [-0.25, -0.2) is 0 Å². The summed E-state index contributed by atoms with van der Waals surface area (Å²) in [5.41, 5.74) is 0. The number of aliphatic hydroxyl groups excluding tert-OH is 4. The lowest BCUT2D eigenvalue weighted by Gasteiger charge is -2.41. The van der Waals surface area contributed by atoms with E-state index in [2.05, 4.69) is 13.8 Å². The summed E-state index contributed by atoms with van der Waals surface area (Å²) in [5.74, 6) is 0.432. The van der Waals surface area contributed by atoms with Gasteiger partial charge in [-0.3, -0.25) is 0 Å². The van der Waals surface area contributed by atoms with Crippen LogP contribution in [0.15, 0.2) is 0 Å². The summed E-state index contributed by atoms with van der Waals surface area (Å²) in [7, 11) is 0. The largest absolute Gasteiger partial charge is 0.394 e. The van der Waals surface area contributed by atoms with Crippen molar-refractivity contribution in [3.63, 3.8) is 0 Å². The molecule has 5 heteroatoms. The van der Waals surface area contributed by atoms with E-state index in [0.717, 1.165) is 25.7 Å². The Kier molecular flexibility index (Phi) is 7.25. The molecule has 1 heterocycles. The number of hydrogen-bond donors (Lipinski definition) is 4. The molecule has 0 bridgehead atoms. The molecule has 5 nitrogen and oxygen atoms in total. The summed E-state index contributed by atoms with van der Waals surface area (Å²) in [4.78, 5) is 0. The van der Waals surface area contributed by atoms with Gasteiger partial charge in [-0.05, 0) is 12.3 Å². The average Bonchev–Trinajstić information content (AvgIpc) is 2.43. The van der Waals surface area contributed by atoms with Crippen LogP contribution in [0.5, 0.6) is 0 Å². The Balaban J connectivity index is 2.59. The van der Waals surface area contributed by atoms with Crippen LogP contribution in [0, 0.1) is 5.92 Å².